The maximum absolute atomic E-state index is 13.7. The lowest BCUT2D eigenvalue weighted by atomic mass is 9.96. The number of para-hydroxylation sites is 1. The van der Waals surface area contributed by atoms with Crippen LogP contribution in [-0.4, -0.2) is 106 Å². The summed E-state index contributed by atoms with van der Waals surface area (Å²) in [4.78, 5) is 86.5. The summed E-state index contributed by atoms with van der Waals surface area (Å²) >= 11 is 0. The number of hydrogen-bond donors (Lipinski definition) is 11. The first-order valence-corrected chi connectivity index (χ1v) is 19.1. The number of carboxylic acids is 1. The molecule has 0 unspecified atom stereocenters. The fraction of sp³-hybridized carbons (Fsp3) is 0.605. The van der Waals surface area contributed by atoms with Gasteiger partial charge in [-0.05, 0) is 62.0 Å². The van der Waals surface area contributed by atoms with Crippen molar-refractivity contribution < 1.29 is 39.0 Å². The predicted octanol–water partition coefficient (Wildman–Crippen LogP) is -0.271. The number of guanidine groups is 1. The molecule has 0 spiro atoms. The van der Waals surface area contributed by atoms with Crippen LogP contribution in [0.3, 0.4) is 0 Å². The number of carbonyl (C=O) groups excluding carboxylic acids is 5. The number of carboxylic acid groups (broad SMARTS) is 1. The summed E-state index contributed by atoms with van der Waals surface area (Å²) in [5.41, 5.74) is 18.6. The molecule has 312 valence electrons. The number of nitrogens with one attached hydrogen (secondary N) is 6. The Labute approximate surface area is 327 Å². The maximum atomic E-state index is 13.7. The molecule has 2 aromatic rings. The van der Waals surface area contributed by atoms with Crippen LogP contribution in [0.15, 0.2) is 35.5 Å². The molecule has 14 N–H and O–H groups in total. The van der Waals surface area contributed by atoms with Gasteiger partial charge in [-0.25, -0.2) is 4.79 Å². The number of aliphatic hydroxyl groups excluding tert-OH is 1. The van der Waals surface area contributed by atoms with E-state index in [0.29, 0.717) is 6.42 Å². The summed E-state index contributed by atoms with van der Waals surface area (Å²) in [5.74, 6) is -6.11. The zero-order valence-corrected chi connectivity index (χ0v) is 33.4. The highest BCUT2D eigenvalue weighted by Gasteiger charge is 2.36. The standard InChI is InChI=1S/C38H62N10O8/c1-8-21(6)30(47-32(50)25(39)17-23-18-43-26-13-10-9-12-24(23)26)35(53)48-31(22(7)49)36(54)46-29(20(4)5)34(52)45-28(16-19(2)3)33(51)44-27(37(55)56)14-11-15-42-38(40)41/h9-10,12-13,18-22,25,27-31,43,49H,8,11,14-17,39H2,1-7H3,(H,44,51)(H,45,52)(H,46,54)(H,47,50)(H,48,53)(H,55,56)(H4,40,41,42)/t21-,22+,25-,27-,28-,29-,30-,31-/m0/s1. The largest absolute Gasteiger partial charge is 0.480 e. The second kappa shape index (κ2) is 22.4. The van der Waals surface area contributed by atoms with Gasteiger partial charge in [0.25, 0.3) is 0 Å². The normalized spacial score (nSPS) is 15.7. The summed E-state index contributed by atoms with van der Waals surface area (Å²) in [6, 6.07) is 0.263. The average Bonchev–Trinajstić information content (AvgIpc) is 3.53. The van der Waals surface area contributed by atoms with E-state index in [1.54, 1.807) is 27.0 Å². The first kappa shape index (κ1) is 46.9. The highest BCUT2D eigenvalue weighted by atomic mass is 16.4. The van der Waals surface area contributed by atoms with E-state index in [2.05, 4.69) is 36.6 Å². The third-order valence-electron chi connectivity index (χ3n) is 9.45. The van der Waals surface area contributed by atoms with E-state index in [1.165, 1.54) is 6.92 Å². The van der Waals surface area contributed by atoms with Crippen molar-refractivity contribution in [2.45, 2.75) is 123 Å². The molecule has 0 bridgehead atoms. The van der Waals surface area contributed by atoms with Gasteiger partial charge in [0, 0.05) is 23.6 Å². The molecule has 0 radical (unpaired) electrons. The van der Waals surface area contributed by atoms with Gasteiger partial charge in [-0.2, -0.15) is 0 Å². The topological polar surface area (TPSA) is 309 Å². The van der Waals surface area contributed by atoms with Gasteiger partial charge in [0.05, 0.1) is 12.1 Å². The van der Waals surface area contributed by atoms with Gasteiger partial charge in [-0.3, -0.25) is 29.0 Å². The lowest BCUT2D eigenvalue weighted by Gasteiger charge is -2.30. The molecular weight excluding hydrogens is 724 g/mol. The highest BCUT2D eigenvalue weighted by molar-refractivity contribution is 5.97. The van der Waals surface area contributed by atoms with E-state index < -0.39 is 89.7 Å². The van der Waals surface area contributed by atoms with Crippen LogP contribution in [0.4, 0.5) is 0 Å². The third kappa shape index (κ3) is 14.4. The van der Waals surface area contributed by atoms with E-state index in [4.69, 9.17) is 17.2 Å². The Hall–Kier alpha value is -5.23. The van der Waals surface area contributed by atoms with Crippen molar-refractivity contribution in [2.24, 2.45) is 39.9 Å². The number of benzene rings is 1. The first-order valence-electron chi connectivity index (χ1n) is 19.1. The van der Waals surface area contributed by atoms with Crippen molar-refractivity contribution in [3.8, 4) is 0 Å². The van der Waals surface area contributed by atoms with Crippen LogP contribution < -0.4 is 43.8 Å². The predicted molar refractivity (Wildman–Crippen MR) is 213 cm³/mol. The molecular formula is C38H62N10O8. The van der Waals surface area contributed by atoms with Crippen molar-refractivity contribution in [3.05, 3.63) is 36.0 Å². The maximum Gasteiger partial charge on any atom is 0.326 e. The molecule has 8 atom stereocenters. The number of aliphatic carboxylic acids is 1. The van der Waals surface area contributed by atoms with Gasteiger partial charge in [0.2, 0.25) is 29.5 Å². The molecule has 0 saturated carbocycles. The molecule has 1 aromatic heterocycles. The van der Waals surface area contributed by atoms with Gasteiger partial charge in [0.15, 0.2) is 5.96 Å². The Kier molecular flexibility index (Phi) is 18.7. The van der Waals surface area contributed by atoms with E-state index in [0.717, 1.165) is 16.5 Å². The molecule has 1 heterocycles. The van der Waals surface area contributed by atoms with Crippen LogP contribution in [0.2, 0.25) is 0 Å². The molecule has 0 aliphatic heterocycles. The van der Waals surface area contributed by atoms with Crippen LogP contribution in [0, 0.1) is 17.8 Å². The Balaban J connectivity index is 2.18. The minimum atomic E-state index is -1.54. The van der Waals surface area contributed by atoms with Crippen molar-refractivity contribution >= 4 is 52.4 Å². The Morgan fingerprint density at radius 3 is 1.93 bits per heavy atom. The van der Waals surface area contributed by atoms with E-state index in [1.807, 2.05) is 45.0 Å². The van der Waals surface area contributed by atoms with Gasteiger partial charge >= 0.3 is 5.97 Å². The zero-order valence-electron chi connectivity index (χ0n) is 33.4. The highest BCUT2D eigenvalue weighted by Crippen LogP contribution is 2.19. The number of H-pyrrole nitrogens is 1. The average molecular weight is 787 g/mol. The van der Waals surface area contributed by atoms with Crippen LogP contribution in [0.25, 0.3) is 10.9 Å². The SMILES string of the molecule is CC[C@H](C)[C@H](NC(=O)[C@@H](N)Cc1c[nH]c2ccccc12)C(=O)N[C@H](C(=O)N[C@H](C(=O)N[C@@H](CC(C)C)C(=O)N[C@@H](CCCN=C(N)N)C(=O)O)C(C)C)[C@@H](C)O. The fourth-order valence-electron chi connectivity index (χ4n) is 6.02. The number of amides is 5. The number of rotatable bonds is 23. The number of hydrogen-bond acceptors (Lipinski definition) is 9. The van der Waals surface area contributed by atoms with E-state index in [-0.39, 0.29) is 44.1 Å². The van der Waals surface area contributed by atoms with E-state index in [9.17, 15) is 39.0 Å². The van der Waals surface area contributed by atoms with Crippen molar-refractivity contribution in [1.29, 1.82) is 0 Å². The molecule has 2 rings (SSSR count). The number of aromatic nitrogens is 1. The zero-order chi connectivity index (χ0) is 42.3. The van der Waals surface area contributed by atoms with Crippen molar-refractivity contribution in [3.63, 3.8) is 0 Å². The van der Waals surface area contributed by atoms with Crippen LogP contribution in [0.1, 0.15) is 79.7 Å². The van der Waals surface area contributed by atoms with Gasteiger partial charge < -0.3 is 59.0 Å². The molecule has 18 heteroatoms. The first-order chi connectivity index (χ1) is 26.3. The third-order valence-corrected chi connectivity index (χ3v) is 9.45. The lowest BCUT2D eigenvalue weighted by molar-refractivity contribution is -0.142. The molecule has 1 aromatic carbocycles. The Morgan fingerprint density at radius 1 is 0.786 bits per heavy atom. The number of aliphatic imine (C=N–C) groups is 1. The molecule has 5 amide bonds. The van der Waals surface area contributed by atoms with Gasteiger partial charge in [-0.1, -0.05) is 66.2 Å². The molecule has 0 saturated heterocycles. The van der Waals surface area contributed by atoms with E-state index >= 15 is 0 Å². The molecule has 0 fully saturated rings. The Bertz CT molecular complexity index is 1670. The number of carbonyl (C=O) groups is 6. The summed E-state index contributed by atoms with van der Waals surface area (Å²) in [7, 11) is 0. The summed E-state index contributed by atoms with van der Waals surface area (Å²) in [6.45, 7) is 12.0. The summed E-state index contributed by atoms with van der Waals surface area (Å²) in [6.07, 6.45) is 1.47. The minimum absolute atomic E-state index is 0.0245. The number of fused-ring (bicyclic) bond motifs is 1. The van der Waals surface area contributed by atoms with Crippen molar-refractivity contribution in [1.82, 2.24) is 31.6 Å². The molecule has 56 heavy (non-hydrogen) atoms. The number of nitrogens with zero attached hydrogens (tertiary/aromatic N) is 1. The summed E-state index contributed by atoms with van der Waals surface area (Å²) < 4.78 is 0. The number of aliphatic hydroxyl groups is 1. The quantitative estimate of drug-likeness (QED) is 0.0396. The number of nitrogens with two attached hydrogens (primary N) is 3. The monoisotopic (exact) mass is 786 g/mol. The number of aromatic amines is 1. The van der Waals surface area contributed by atoms with Crippen LogP contribution in [0.5, 0.6) is 0 Å². The van der Waals surface area contributed by atoms with Crippen LogP contribution >= 0.6 is 0 Å². The fourth-order valence-corrected chi connectivity index (χ4v) is 6.02. The second-order valence-electron chi connectivity index (χ2n) is 15.0. The smallest absolute Gasteiger partial charge is 0.326 e. The molecule has 0 aliphatic carbocycles. The lowest BCUT2D eigenvalue weighted by Crippen LogP contribution is -2.62. The van der Waals surface area contributed by atoms with Gasteiger partial charge in [-0.15, -0.1) is 0 Å². The summed E-state index contributed by atoms with van der Waals surface area (Å²) in [5, 5.41) is 34.2. The second-order valence-corrected chi connectivity index (χ2v) is 15.0. The molecule has 0 aliphatic rings. The minimum Gasteiger partial charge on any atom is -0.480 e. The van der Waals surface area contributed by atoms with Crippen LogP contribution in [-0.2, 0) is 35.2 Å². The molecule has 18 nitrogen and oxygen atoms in total. The Morgan fingerprint density at radius 2 is 1.36 bits per heavy atom. The van der Waals surface area contributed by atoms with Gasteiger partial charge in [0.1, 0.15) is 30.2 Å². The van der Waals surface area contributed by atoms with Crippen molar-refractivity contribution in [2.75, 3.05) is 6.54 Å².